The molecule has 0 aliphatic heterocycles. The van der Waals surface area contributed by atoms with Crippen molar-refractivity contribution in [1.29, 1.82) is 0 Å². The van der Waals surface area contributed by atoms with E-state index in [2.05, 4.69) is 17.3 Å². The first-order chi connectivity index (χ1) is 8.56. The lowest BCUT2D eigenvalue weighted by atomic mass is 10.1. The Hall–Kier alpha value is -1.03. The number of aromatic nitrogens is 2. The van der Waals surface area contributed by atoms with Crippen LogP contribution >= 0.6 is 23.2 Å². The molecule has 96 valence electrons. The summed E-state index contributed by atoms with van der Waals surface area (Å²) in [5.41, 5.74) is 2.19. The molecule has 0 radical (unpaired) electrons. The van der Waals surface area contributed by atoms with Gasteiger partial charge in [-0.15, -0.1) is 0 Å². The summed E-state index contributed by atoms with van der Waals surface area (Å²) in [4.78, 5) is 0. The molecular weight excluding hydrogens is 269 g/mol. The van der Waals surface area contributed by atoms with E-state index in [9.17, 15) is 0 Å². The monoisotopic (exact) mass is 283 g/mol. The van der Waals surface area contributed by atoms with Gasteiger partial charge in [-0.3, -0.25) is 4.68 Å². The van der Waals surface area contributed by atoms with E-state index in [1.807, 2.05) is 31.6 Å². The highest BCUT2D eigenvalue weighted by Crippen LogP contribution is 2.26. The number of hydrogen-bond donors (Lipinski definition) is 1. The largest absolute Gasteiger partial charge is 0.306 e. The first kappa shape index (κ1) is 13.4. The summed E-state index contributed by atoms with van der Waals surface area (Å²) in [7, 11) is 1.91. The highest BCUT2D eigenvalue weighted by Gasteiger charge is 2.09. The minimum atomic E-state index is 0.162. The fourth-order valence-corrected chi connectivity index (χ4v) is 2.37. The maximum atomic E-state index is 6.17. The van der Waals surface area contributed by atoms with Crippen molar-refractivity contribution in [2.75, 3.05) is 0 Å². The number of benzene rings is 1. The van der Waals surface area contributed by atoms with Gasteiger partial charge in [0.2, 0.25) is 0 Å². The van der Waals surface area contributed by atoms with Crippen LogP contribution in [0.15, 0.2) is 30.6 Å². The van der Waals surface area contributed by atoms with Gasteiger partial charge in [-0.25, -0.2) is 0 Å². The molecule has 1 aromatic carbocycles. The van der Waals surface area contributed by atoms with Gasteiger partial charge >= 0.3 is 0 Å². The molecule has 1 atom stereocenters. The molecule has 3 nitrogen and oxygen atoms in total. The lowest BCUT2D eigenvalue weighted by Crippen LogP contribution is -2.18. The molecule has 1 N–H and O–H groups in total. The van der Waals surface area contributed by atoms with Gasteiger partial charge in [0, 0.05) is 41.4 Å². The molecule has 0 fully saturated rings. The first-order valence-corrected chi connectivity index (χ1v) is 6.47. The van der Waals surface area contributed by atoms with Gasteiger partial charge in [-0.05, 0) is 24.6 Å². The quantitative estimate of drug-likeness (QED) is 0.930. The molecule has 2 rings (SSSR count). The molecular formula is C13H15Cl2N3. The highest BCUT2D eigenvalue weighted by atomic mass is 35.5. The van der Waals surface area contributed by atoms with Crippen molar-refractivity contribution in [1.82, 2.24) is 15.1 Å². The van der Waals surface area contributed by atoms with Crippen LogP contribution in [0, 0.1) is 0 Å². The fourth-order valence-electron chi connectivity index (χ4n) is 1.80. The fraction of sp³-hybridized carbons (Fsp3) is 0.308. The zero-order valence-electron chi connectivity index (χ0n) is 10.3. The highest BCUT2D eigenvalue weighted by molar-refractivity contribution is 6.35. The molecule has 0 spiro atoms. The number of nitrogens with zero attached hydrogens (tertiary/aromatic N) is 2. The predicted octanol–water partition coefficient (Wildman–Crippen LogP) is 3.58. The number of nitrogens with one attached hydrogen (secondary N) is 1. The molecule has 5 heteroatoms. The summed E-state index contributed by atoms with van der Waals surface area (Å²) in [6.45, 7) is 2.83. The smallest absolute Gasteiger partial charge is 0.0534 e. The zero-order valence-corrected chi connectivity index (χ0v) is 11.8. The van der Waals surface area contributed by atoms with Crippen LogP contribution in [-0.2, 0) is 13.6 Å². The van der Waals surface area contributed by atoms with Crippen molar-refractivity contribution >= 4 is 23.2 Å². The Balaban J connectivity index is 2.01. The topological polar surface area (TPSA) is 29.9 Å². The summed E-state index contributed by atoms with van der Waals surface area (Å²) >= 11 is 12.1. The van der Waals surface area contributed by atoms with Crippen LogP contribution in [0.25, 0.3) is 0 Å². The predicted molar refractivity (Wildman–Crippen MR) is 74.9 cm³/mol. The lowest BCUT2D eigenvalue weighted by Gasteiger charge is -2.15. The zero-order chi connectivity index (χ0) is 13.1. The molecule has 0 saturated carbocycles. The Morgan fingerprint density at radius 1 is 1.39 bits per heavy atom. The standard InChI is InChI=1S/C13H15Cl2N3/c1-9(12-4-3-11(14)5-13(12)15)16-6-10-7-17-18(2)8-10/h3-5,7-9,16H,6H2,1-2H3/t9-/m1/s1. The van der Waals surface area contributed by atoms with Gasteiger partial charge in [0.1, 0.15) is 0 Å². The Bertz CT molecular complexity index is 537. The van der Waals surface area contributed by atoms with E-state index in [0.29, 0.717) is 10.0 Å². The van der Waals surface area contributed by atoms with Crippen LogP contribution in [0.2, 0.25) is 10.0 Å². The van der Waals surface area contributed by atoms with Gasteiger partial charge in [0.25, 0.3) is 0 Å². The molecule has 0 amide bonds. The lowest BCUT2D eigenvalue weighted by molar-refractivity contribution is 0.574. The molecule has 2 aromatic rings. The van der Waals surface area contributed by atoms with Crippen molar-refractivity contribution in [2.24, 2.45) is 7.05 Å². The summed E-state index contributed by atoms with van der Waals surface area (Å²) < 4.78 is 1.79. The second-order valence-corrected chi connectivity index (χ2v) is 5.13. The Labute approximate surface area is 117 Å². The average Bonchev–Trinajstić information content (AvgIpc) is 2.72. The molecule has 0 saturated heterocycles. The molecule has 1 aromatic heterocycles. The molecule has 0 aliphatic carbocycles. The minimum Gasteiger partial charge on any atom is -0.306 e. The summed E-state index contributed by atoms with van der Waals surface area (Å²) in [5.74, 6) is 0. The number of aryl methyl sites for hydroxylation is 1. The number of hydrogen-bond acceptors (Lipinski definition) is 2. The van der Waals surface area contributed by atoms with Crippen molar-refractivity contribution in [3.8, 4) is 0 Å². The van der Waals surface area contributed by atoms with Crippen molar-refractivity contribution in [3.05, 3.63) is 51.8 Å². The van der Waals surface area contributed by atoms with Crippen LogP contribution in [0.5, 0.6) is 0 Å². The molecule has 0 aliphatic rings. The maximum Gasteiger partial charge on any atom is 0.0534 e. The van der Waals surface area contributed by atoms with Crippen molar-refractivity contribution in [2.45, 2.75) is 19.5 Å². The molecule has 0 unspecified atom stereocenters. The Kier molecular flexibility index (Phi) is 4.27. The molecule has 1 heterocycles. The van der Waals surface area contributed by atoms with Crippen LogP contribution < -0.4 is 5.32 Å². The SMILES string of the molecule is C[C@@H](NCc1cnn(C)c1)c1ccc(Cl)cc1Cl. The van der Waals surface area contributed by atoms with E-state index in [1.54, 1.807) is 10.7 Å². The third-order valence-electron chi connectivity index (χ3n) is 2.80. The molecule has 0 bridgehead atoms. The Morgan fingerprint density at radius 2 is 2.17 bits per heavy atom. The van der Waals surface area contributed by atoms with Gasteiger partial charge < -0.3 is 5.32 Å². The average molecular weight is 284 g/mol. The van der Waals surface area contributed by atoms with Crippen molar-refractivity contribution < 1.29 is 0 Å². The third-order valence-corrected chi connectivity index (χ3v) is 3.36. The van der Waals surface area contributed by atoms with Gasteiger partial charge in [0.15, 0.2) is 0 Å². The van der Waals surface area contributed by atoms with Crippen LogP contribution in [0.4, 0.5) is 0 Å². The minimum absolute atomic E-state index is 0.162. The Morgan fingerprint density at radius 3 is 2.78 bits per heavy atom. The summed E-state index contributed by atoms with van der Waals surface area (Å²) in [5, 5.41) is 8.88. The third kappa shape index (κ3) is 3.25. The second-order valence-electron chi connectivity index (χ2n) is 4.29. The van der Waals surface area contributed by atoms with Crippen molar-refractivity contribution in [3.63, 3.8) is 0 Å². The second kappa shape index (κ2) is 5.74. The van der Waals surface area contributed by atoms with E-state index in [-0.39, 0.29) is 6.04 Å². The van der Waals surface area contributed by atoms with Crippen LogP contribution in [0.1, 0.15) is 24.1 Å². The van der Waals surface area contributed by atoms with Gasteiger partial charge in [0.05, 0.1) is 6.20 Å². The summed E-state index contributed by atoms with van der Waals surface area (Å²) in [6, 6.07) is 5.73. The molecule has 18 heavy (non-hydrogen) atoms. The number of halogens is 2. The normalized spacial score (nSPS) is 12.7. The van der Waals surface area contributed by atoms with Crippen LogP contribution in [0.3, 0.4) is 0 Å². The number of rotatable bonds is 4. The van der Waals surface area contributed by atoms with E-state index >= 15 is 0 Å². The summed E-state index contributed by atoms with van der Waals surface area (Å²) in [6.07, 6.45) is 3.84. The van der Waals surface area contributed by atoms with Crippen LogP contribution in [-0.4, -0.2) is 9.78 Å². The van der Waals surface area contributed by atoms with Gasteiger partial charge in [-0.1, -0.05) is 29.3 Å². The first-order valence-electron chi connectivity index (χ1n) is 5.72. The van der Waals surface area contributed by atoms with E-state index in [1.165, 1.54) is 0 Å². The van der Waals surface area contributed by atoms with Gasteiger partial charge in [-0.2, -0.15) is 5.10 Å². The van der Waals surface area contributed by atoms with E-state index in [4.69, 9.17) is 23.2 Å². The van der Waals surface area contributed by atoms with E-state index in [0.717, 1.165) is 17.7 Å². The maximum absolute atomic E-state index is 6.17. The van der Waals surface area contributed by atoms with E-state index < -0.39 is 0 Å².